The molecule has 78 valence electrons. The van der Waals surface area contributed by atoms with Gasteiger partial charge in [-0.3, -0.25) is 4.79 Å². The van der Waals surface area contributed by atoms with Crippen LogP contribution >= 0.6 is 0 Å². The summed E-state index contributed by atoms with van der Waals surface area (Å²) in [6, 6.07) is 3.49. The van der Waals surface area contributed by atoms with Gasteiger partial charge in [0.05, 0.1) is 18.3 Å². The van der Waals surface area contributed by atoms with Crippen LogP contribution in [0.2, 0.25) is 0 Å². The van der Waals surface area contributed by atoms with Crippen molar-refractivity contribution in [3.05, 3.63) is 17.8 Å². The maximum Gasteiger partial charge on any atom is 0.239 e. The quantitative estimate of drug-likeness (QED) is 0.716. The minimum absolute atomic E-state index is 0.0845. The summed E-state index contributed by atoms with van der Waals surface area (Å²) in [5.41, 5.74) is 0.370. The molecule has 1 heterocycles. The normalized spacial score (nSPS) is 9.07. The largest absolute Gasteiger partial charge is 0.358 e. The van der Waals surface area contributed by atoms with Gasteiger partial charge in [-0.05, 0) is 13.0 Å². The topological polar surface area (TPSA) is 90.7 Å². The maximum atomic E-state index is 11.1. The number of nitriles is 1. The Morgan fingerprint density at radius 1 is 1.67 bits per heavy atom. The zero-order valence-corrected chi connectivity index (χ0v) is 8.32. The van der Waals surface area contributed by atoms with E-state index in [1.54, 1.807) is 0 Å². The van der Waals surface area contributed by atoms with Gasteiger partial charge >= 0.3 is 0 Å². The molecule has 15 heavy (non-hydrogen) atoms. The van der Waals surface area contributed by atoms with Crippen molar-refractivity contribution < 1.29 is 4.79 Å². The van der Waals surface area contributed by atoms with E-state index in [0.717, 1.165) is 0 Å². The number of nitrogens with one attached hydrogen (secondary N) is 2. The molecule has 1 aromatic rings. The van der Waals surface area contributed by atoms with Gasteiger partial charge in [0.25, 0.3) is 0 Å². The predicted molar refractivity (Wildman–Crippen MR) is 53.9 cm³/mol. The highest BCUT2D eigenvalue weighted by atomic mass is 16.1. The van der Waals surface area contributed by atoms with Crippen LogP contribution in [0, 0.1) is 11.3 Å². The molecule has 0 aromatic carbocycles. The molecular formula is C9H11N5O. The smallest absolute Gasteiger partial charge is 0.239 e. The van der Waals surface area contributed by atoms with Crippen molar-refractivity contribution in [2.24, 2.45) is 0 Å². The maximum absolute atomic E-state index is 11.1. The van der Waals surface area contributed by atoms with Crippen LogP contribution in [0.25, 0.3) is 0 Å². The second-order valence-electron chi connectivity index (χ2n) is 2.71. The fourth-order valence-electron chi connectivity index (χ4n) is 0.976. The summed E-state index contributed by atoms with van der Waals surface area (Å²) in [6.45, 7) is 2.49. The van der Waals surface area contributed by atoms with Crippen molar-refractivity contribution in [2.45, 2.75) is 6.92 Å². The number of hydrogen-bond acceptors (Lipinski definition) is 5. The SMILES string of the molecule is CCNC(=O)CNc1nnccc1C#N. The summed E-state index contributed by atoms with van der Waals surface area (Å²) in [6.07, 6.45) is 1.43. The number of anilines is 1. The summed E-state index contributed by atoms with van der Waals surface area (Å²) in [5, 5.41) is 21.4. The molecule has 6 heteroatoms. The highest BCUT2D eigenvalue weighted by Gasteiger charge is 2.04. The second-order valence-corrected chi connectivity index (χ2v) is 2.71. The fourth-order valence-corrected chi connectivity index (χ4v) is 0.976. The molecular weight excluding hydrogens is 194 g/mol. The first-order valence-corrected chi connectivity index (χ1v) is 4.50. The number of carbonyl (C=O) groups is 1. The van der Waals surface area contributed by atoms with E-state index in [1.165, 1.54) is 12.3 Å². The summed E-state index contributed by atoms with van der Waals surface area (Å²) in [5.74, 6) is 0.179. The third-order valence-electron chi connectivity index (χ3n) is 1.63. The molecule has 0 unspecified atom stereocenters. The molecule has 0 bridgehead atoms. The molecule has 0 aliphatic heterocycles. The number of amides is 1. The van der Waals surface area contributed by atoms with E-state index in [2.05, 4.69) is 20.8 Å². The molecule has 1 amide bonds. The van der Waals surface area contributed by atoms with Gasteiger partial charge in [-0.25, -0.2) is 0 Å². The Labute approximate surface area is 87.3 Å². The molecule has 0 aliphatic rings. The minimum Gasteiger partial charge on any atom is -0.358 e. The Morgan fingerprint density at radius 2 is 2.47 bits per heavy atom. The fraction of sp³-hybridized carbons (Fsp3) is 0.333. The van der Waals surface area contributed by atoms with Gasteiger partial charge in [0.1, 0.15) is 6.07 Å². The van der Waals surface area contributed by atoms with Gasteiger partial charge in [-0.1, -0.05) is 0 Å². The number of aromatic nitrogens is 2. The second kappa shape index (κ2) is 5.54. The summed E-state index contributed by atoms with van der Waals surface area (Å²) in [4.78, 5) is 11.1. The predicted octanol–water partition coefficient (Wildman–Crippen LogP) is -0.104. The molecule has 0 fully saturated rings. The Balaban J connectivity index is 2.58. The average Bonchev–Trinajstić information content (AvgIpc) is 2.27. The van der Waals surface area contributed by atoms with Gasteiger partial charge in [-0.15, -0.1) is 5.10 Å². The lowest BCUT2D eigenvalue weighted by molar-refractivity contribution is -0.119. The Morgan fingerprint density at radius 3 is 3.13 bits per heavy atom. The summed E-state index contributed by atoms with van der Waals surface area (Å²) >= 11 is 0. The Bertz CT molecular complexity index is 384. The lowest BCUT2D eigenvalue weighted by Crippen LogP contribution is -2.29. The number of rotatable bonds is 4. The van der Waals surface area contributed by atoms with E-state index in [-0.39, 0.29) is 12.5 Å². The monoisotopic (exact) mass is 205 g/mol. The Kier molecular flexibility index (Phi) is 4.04. The van der Waals surface area contributed by atoms with Crippen molar-refractivity contribution in [1.29, 1.82) is 5.26 Å². The zero-order chi connectivity index (χ0) is 11.1. The molecule has 0 radical (unpaired) electrons. The molecule has 6 nitrogen and oxygen atoms in total. The molecule has 2 N–H and O–H groups in total. The van der Waals surface area contributed by atoms with Crippen LogP contribution in [0.3, 0.4) is 0 Å². The van der Waals surface area contributed by atoms with Crippen molar-refractivity contribution in [1.82, 2.24) is 15.5 Å². The van der Waals surface area contributed by atoms with Crippen LogP contribution in [0.15, 0.2) is 12.3 Å². The number of carbonyl (C=O) groups excluding carboxylic acids is 1. The third-order valence-corrected chi connectivity index (χ3v) is 1.63. The molecule has 0 atom stereocenters. The highest BCUT2D eigenvalue weighted by molar-refractivity contribution is 5.80. The molecule has 0 spiro atoms. The summed E-state index contributed by atoms with van der Waals surface area (Å²) < 4.78 is 0. The van der Waals surface area contributed by atoms with E-state index in [9.17, 15) is 4.79 Å². The molecule has 1 aromatic heterocycles. The van der Waals surface area contributed by atoms with Crippen molar-refractivity contribution in [3.63, 3.8) is 0 Å². The van der Waals surface area contributed by atoms with Gasteiger partial charge < -0.3 is 10.6 Å². The zero-order valence-electron chi connectivity index (χ0n) is 8.32. The van der Waals surface area contributed by atoms with Gasteiger partial charge in [0, 0.05) is 6.54 Å². The van der Waals surface area contributed by atoms with E-state index in [1.807, 2.05) is 13.0 Å². The van der Waals surface area contributed by atoms with Crippen LogP contribution < -0.4 is 10.6 Å². The first-order chi connectivity index (χ1) is 7.27. The van der Waals surface area contributed by atoms with E-state index in [0.29, 0.717) is 17.9 Å². The number of nitrogens with zero attached hydrogens (tertiary/aromatic N) is 3. The molecule has 0 saturated carbocycles. The molecule has 1 rings (SSSR count). The molecule has 0 aliphatic carbocycles. The number of likely N-dealkylation sites (N-methyl/N-ethyl adjacent to an activating group) is 1. The van der Waals surface area contributed by atoms with Crippen molar-refractivity contribution in [2.75, 3.05) is 18.4 Å². The van der Waals surface area contributed by atoms with Gasteiger partial charge in [0.15, 0.2) is 5.82 Å². The Hall–Kier alpha value is -2.16. The molecule has 0 saturated heterocycles. The van der Waals surface area contributed by atoms with Crippen molar-refractivity contribution >= 4 is 11.7 Å². The van der Waals surface area contributed by atoms with Gasteiger partial charge in [-0.2, -0.15) is 10.4 Å². The van der Waals surface area contributed by atoms with E-state index in [4.69, 9.17) is 5.26 Å². The van der Waals surface area contributed by atoms with Crippen LogP contribution in [-0.2, 0) is 4.79 Å². The summed E-state index contributed by atoms with van der Waals surface area (Å²) in [7, 11) is 0. The van der Waals surface area contributed by atoms with E-state index < -0.39 is 0 Å². The van der Waals surface area contributed by atoms with Crippen LogP contribution in [0.5, 0.6) is 0 Å². The van der Waals surface area contributed by atoms with Crippen LogP contribution in [0.1, 0.15) is 12.5 Å². The standard InChI is InChI=1S/C9H11N5O/c1-2-11-8(15)6-12-9-7(5-10)3-4-13-14-9/h3-4H,2,6H2,1H3,(H,11,15)(H,12,14). The van der Waals surface area contributed by atoms with Crippen molar-refractivity contribution in [3.8, 4) is 6.07 Å². The van der Waals surface area contributed by atoms with Crippen LogP contribution in [0.4, 0.5) is 5.82 Å². The van der Waals surface area contributed by atoms with Crippen LogP contribution in [-0.4, -0.2) is 29.2 Å². The lowest BCUT2D eigenvalue weighted by Gasteiger charge is -2.05. The first kappa shape index (κ1) is 10.9. The third kappa shape index (κ3) is 3.23. The van der Waals surface area contributed by atoms with E-state index >= 15 is 0 Å². The average molecular weight is 205 g/mol. The minimum atomic E-state index is -0.146. The number of hydrogen-bond donors (Lipinski definition) is 2. The first-order valence-electron chi connectivity index (χ1n) is 4.50. The lowest BCUT2D eigenvalue weighted by atomic mass is 10.3. The van der Waals surface area contributed by atoms with Gasteiger partial charge in [0.2, 0.25) is 5.91 Å². The highest BCUT2D eigenvalue weighted by Crippen LogP contribution is 2.06.